The van der Waals surface area contributed by atoms with Crippen molar-refractivity contribution < 1.29 is 14.3 Å². The number of methoxy groups -OCH3 is 1. The Bertz CT molecular complexity index is 563. The summed E-state index contributed by atoms with van der Waals surface area (Å²) in [6.07, 6.45) is 0.786. The Morgan fingerprint density at radius 1 is 1.43 bits per heavy atom. The molecular formula is C14H18BrN3O3. The van der Waals surface area contributed by atoms with E-state index in [1.165, 1.54) is 6.92 Å². The average Bonchev–Trinajstić information content (AvgIpc) is 2.82. The molecule has 1 aliphatic heterocycles. The molecule has 1 aromatic carbocycles. The highest BCUT2D eigenvalue weighted by molar-refractivity contribution is 9.10. The quantitative estimate of drug-likeness (QED) is 0.812. The van der Waals surface area contributed by atoms with Gasteiger partial charge in [0, 0.05) is 31.6 Å². The number of fused-ring (bicyclic) bond motifs is 1. The molecule has 0 bridgehead atoms. The summed E-state index contributed by atoms with van der Waals surface area (Å²) in [4.78, 5) is 25.3. The lowest BCUT2D eigenvalue weighted by molar-refractivity contribution is -0.116. The number of carbonyl (C=O) groups excluding carboxylic acids is 2. The highest BCUT2D eigenvalue weighted by Gasteiger charge is 2.26. The summed E-state index contributed by atoms with van der Waals surface area (Å²) >= 11 is 3.43. The number of rotatable bonds is 4. The second kappa shape index (κ2) is 6.91. The van der Waals surface area contributed by atoms with Gasteiger partial charge < -0.3 is 20.3 Å². The van der Waals surface area contributed by atoms with Crippen molar-refractivity contribution in [1.29, 1.82) is 0 Å². The lowest BCUT2D eigenvalue weighted by atomic mass is 10.1. The Balaban J connectivity index is 2.19. The van der Waals surface area contributed by atoms with Gasteiger partial charge >= 0.3 is 6.03 Å². The van der Waals surface area contributed by atoms with Crippen LogP contribution >= 0.6 is 15.9 Å². The topological polar surface area (TPSA) is 70.7 Å². The second-order valence-electron chi connectivity index (χ2n) is 4.76. The summed E-state index contributed by atoms with van der Waals surface area (Å²) in [5.74, 6) is -0.0288. The molecule has 21 heavy (non-hydrogen) atoms. The van der Waals surface area contributed by atoms with E-state index in [9.17, 15) is 9.59 Å². The number of nitrogens with zero attached hydrogens (tertiary/aromatic N) is 1. The Kier molecular flexibility index (Phi) is 5.19. The summed E-state index contributed by atoms with van der Waals surface area (Å²) in [5, 5.41) is 5.49. The van der Waals surface area contributed by atoms with Gasteiger partial charge in [-0.2, -0.15) is 0 Å². The van der Waals surface area contributed by atoms with Crippen LogP contribution in [0.1, 0.15) is 12.5 Å². The van der Waals surface area contributed by atoms with Crippen LogP contribution in [-0.2, 0) is 16.0 Å². The van der Waals surface area contributed by atoms with E-state index in [1.807, 2.05) is 6.07 Å². The number of carbonyl (C=O) groups is 2. The third kappa shape index (κ3) is 3.74. The summed E-state index contributed by atoms with van der Waals surface area (Å²) in [5.41, 5.74) is 2.46. The molecule has 1 heterocycles. The van der Waals surface area contributed by atoms with Crippen molar-refractivity contribution in [2.24, 2.45) is 0 Å². The van der Waals surface area contributed by atoms with E-state index in [1.54, 1.807) is 18.1 Å². The molecule has 0 aromatic heterocycles. The van der Waals surface area contributed by atoms with Crippen LogP contribution in [0, 0.1) is 0 Å². The number of halogens is 1. The van der Waals surface area contributed by atoms with Crippen molar-refractivity contribution in [2.45, 2.75) is 13.3 Å². The third-order valence-electron chi connectivity index (χ3n) is 3.25. The van der Waals surface area contributed by atoms with Crippen LogP contribution in [0.3, 0.4) is 0 Å². The molecule has 1 aromatic rings. The molecule has 114 valence electrons. The Hall–Kier alpha value is -1.60. The van der Waals surface area contributed by atoms with E-state index >= 15 is 0 Å². The predicted molar refractivity (Wildman–Crippen MR) is 84.8 cm³/mol. The number of nitrogens with one attached hydrogen (secondary N) is 2. The second-order valence-corrected chi connectivity index (χ2v) is 5.67. The maximum absolute atomic E-state index is 11.9. The fourth-order valence-electron chi connectivity index (χ4n) is 2.35. The number of urea groups is 1. The largest absolute Gasteiger partial charge is 0.383 e. The average molecular weight is 356 g/mol. The van der Waals surface area contributed by atoms with E-state index in [4.69, 9.17) is 4.74 Å². The van der Waals surface area contributed by atoms with Crippen LogP contribution < -0.4 is 15.5 Å². The van der Waals surface area contributed by atoms with Crippen LogP contribution in [0.15, 0.2) is 16.6 Å². The molecular weight excluding hydrogens is 338 g/mol. The molecule has 0 saturated heterocycles. The minimum atomic E-state index is -0.317. The normalized spacial score (nSPS) is 13.0. The maximum atomic E-state index is 11.9. The number of hydrogen-bond donors (Lipinski definition) is 2. The molecule has 3 amide bonds. The van der Waals surface area contributed by atoms with E-state index in [0.717, 1.165) is 22.1 Å². The van der Waals surface area contributed by atoms with Gasteiger partial charge in [-0.05, 0) is 24.1 Å². The smallest absolute Gasteiger partial charge is 0.319 e. The Labute approximate surface area is 132 Å². The molecule has 2 rings (SSSR count). The van der Waals surface area contributed by atoms with Gasteiger partial charge in [0.15, 0.2) is 0 Å². The molecule has 0 unspecified atom stereocenters. The zero-order chi connectivity index (χ0) is 15.4. The van der Waals surface area contributed by atoms with Crippen molar-refractivity contribution in [3.05, 3.63) is 22.2 Å². The van der Waals surface area contributed by atoms with Gasteiger partial charge in [-0.1, -0.05) is 15.9 Å². The van der Waals surface area contributed by atoms with Crippen molar-refractivity contribution in [1.82, 2.24) is 5.32 Å². The molecule has 0 spiro atoms. The molecule has 0 fully saturated rings. The van der Waals surface area contributed by atoms with Gasteiger partial charge in [0.1, 0.15) is 0 Å². The van der Waals surface area contributed by atoms with Crippen LogP contribution in [-0.4, -0.2) is 38.7 Å². The number of amides is 3. The minimum absolute atomic E-state index is 0.0288. The molecule has 0 saturated carbocycles. The van der Waals surface area contributed by atoms with Gasteiger partial charge in [0.05, 0.1) is 18.0 Å². The van der Waals surface area contributed by atoms with Crippen molar-refractivity contribution in [3.8, 4) is 0 Å². The number of anilines is 2. The standard InChI is InChI=1S/C14H18BrN3O3/c1-9(19)18-5-3-10-7-11(15)8-12(13(10)18)17-14(20)16-4-6-21-2/h7-8H,3-6H2,1-2H3,(H2,16,17,20). The first-order chi connectivity index (χ1) is 10.0. The maximum Gasteiger partial charge on any atom is 0.319 e. The van der Waals surface area contributed by atoms with E-state index in [0.29, 0.717) is 25.4 Å². The summed E-state index contributed by atoms with van der Waals surface area (Å²) in [7, 11) is 1.57. The molecule has 6 nitrogen and oxygen atoms in total. The van der Waals surface area contributed by atoms with E-state index in [2.05, 4.69) is 26.6 Å². The first-order valence-electron chi connectivity index (χ1n) is 6.67. The summed E-state index contributed by atoms with van der Waals surface area (Å²) < 4.78 is 5.76. The monoisotopic (exact) mass is 355 g/mol. The number of ether oxygens (including phenoxy) is 1. The first kappa shape index (κ1) is 15.8. The fraction of sp³-hybridized carbons (Fsp3) is 0.429. The van der Waals surface area contributed by atoms with Crippen LogP contribution in [0.25, 0.3) is 0 Å². The number of benzene rings is 1. The van der Waals surface area contributed by atoms with Gasteiger partial charge in [0.25, 0.3) is 0 Å². The molecule has 0 radical (unpaired) electrons. The molecule has 2 N–H and O–H groups in total. The number of hydrogen-bond acceptors (Lipinski definition) is 3. The lowest BCUT2D eigenvalue weighted by Crippen LogP contribution is -2.32. The van der Waals surface area contributed by atoms with Gasteiger partial charge in [-0.25, -0.2) is 4.79 Å². The van der Waals surface area contributed by atoms with Crippen molar-refractivity contribution in [3.63, 3.8) is 0 Å². The van der Waals surface area contributed by atoms with E-state index in [-0.39, 0.29) is 11.9 Å². The molecule has 0 atom stereocenters. The summed E-state index contributed by atoms with van der Waals surface area (Å²) in [6, 6.07) is 3.46. The van der Waals surface area contributed by atoms with Crippen LogP contribution in [0.5, 0.6) is 0 Å². The lowest BCUT2D eigenvalue weighted by Gasteiger charge is -2.19. The van der Waals surface area contributed by atoms with Gasteiger partial charge in [-0.15, -0.1) is 0 Å². The zero-order valence-corrected chi connectivity index (χ0v) is 13.6. The van der Waals surface area contributed by atoms with Crippen molar-refractivity contribution in [2.75, 3.05) is 37.0 Å². The molecule has 7 heteroatoms. The SMILES string of the molecule is COCCNC(=O)Nc1cc(Br)cc2c1N(C(C)=O)CC2. The van der Waals surface area contributed by atoms with Crippen molar-refractivity contribution >= 4 is 39.2 Å². The van der Waals surface area contributed by atoms with E-state index < -0.39 is 0 Å². The highest BCUT2D eigenvalue weighted by Crippen LogP contribution is 2.38. The molecule has 0 aliphatic carbocycles. The fourth-order valence-corrected chi connectivity index (χ4v) is 2.86. The zero-order valence-electron chi connectivity index (χ0n) is 12.0. The molecule has 1 aliphatic rings. The van der Waals surface area contributed by atoms with Gasteiger partial charge in [-0.3, -0.25) is 4.79 Å². The van der Waals surface area contributed by atoms with Gasteiger partial charge in [0.2, 0.25) is 5.91 Å². The first-order valence-corrected chi connectivity index (χ1v) is 7.46. The Morgan fingerprint density at radius 3 is 2.86 bits per heavy atom. The van der Waals surface area contributed by atoms with Crippen LogP contribution in [0.2, 0.25) is 0 Å². The Morgan fingerprint density at radius 2 is 2.19 bits per heavy atom. The minimum Gasteiger partial charge on any atom is -0.383 e. The highest BCUT2D eigenvalue weighted by atomic mass is 79.9. The summed E-state index contributed by atoms with van der Waals surface area (Å²) in [6.45, 7) is 3.04. The third-order valence-corrected chi connectivity index (χ3v) is 3.71. The predicted octanol–water partition coefficient (Wildman–Crippen LogP) is 2.13. The van der Waals surface area contributed by atoms with Crippen LogP contribution in [0.4, 0.5) is 16.2 Å².